The van der Waals surface area contributed by atoms with Gasteiger partial charge < -0.3 is 9.88 Å². The lowest BCUT2D eigenvalue weighted by Crippen LogP contribution is -2.26. The van der Waals surface area contributed by atoms with E-state index in [2.05, 4.69) is 78.5 Å². The van der Waals surface area contributed by atoms with E-state index in [0.29, 0.717) is 0 Å². The third-order valence-corrected chi connectivity index (χ3v) is 4.38. The van der Waals surface area contributed by atoms with Crippen LogP contribution in [0, 0.1) is 3.57 Å². The minimum Gasteiger partial charge on any atom is -0.336 e. The standard InChI is InChI=1S/C14H17BrIN3/c1-3-6-17-13(14-18-7-8-19(14)2)11-9-10(16)4-5-12(11)15/h4-5,7-9,13,17H,3,6H2,1-2H3. The van der Waals surface area contributed by atoms with Crippen molar-refractivity contribution in [3.05, 3.63) is 50.0 Å². The molecular formula is C14H17BrIN3. The van der Waals surface area contributed by atoms with Gasteiger partial charge in [-0.3, -0.25) is 0 Å². The van der Waals surface area contributed by atoms with Crippen molar-refractivity contribution < 1.29 is 0 Å². The van der Waals surface area contributed by atoms with Crippen LogP contribution in [0.4, 0.5) is 0 Å². The van der Waals surface area contributed by atoms with Crippen LogP contribution in [0.3, 0.4) is 0 Å². The van der Waals surface area contributed by atoms with Gasteiger partial charge in [-0.2, -0.15) is 0 Å². The second kappa shape index (κ2) is 6.85. The summed E-state index contributed by atoms with van der Waals surface area (Å²) < 4.78 is 4.41. The monoisotopic (exact) mass is 433 g/mol. The van der Waals surface area contributed by atoms with Crippen LogP contribution < -0.4 is 5.32 Å². The Hall–Kier alpha value is -0.400. The molecule has 2 aromatic rings. The topological polar surface area (TPSA) is 29.9 Å². The van der Waals surface area contributed by atoms with Crippen molar-refractivity contribution in [2.24, 2.45) is 7.05 Å². The lowest BCUT2D eigenvalue weighted by atomic mass is 10.1. The van der Waals surface area contributed by atoms with Crippen LogP contribution in [0.1, 0.15) is 30.8 Å². The van der Waals surface area contributed by atoms with Gasteiger partial charge in [0.05, 0.1) is 6.04 Å². The van der Waals surface area contributed by atoms with Crippen LogP contribution in [0.15, 0.2) is 35.1 Å². The van der Waals surface area contributed by atoms with E-state index in [4.69, 9.17) is 0 Å². The number of imidazole rings is 1. The average Bonchev–Trinajstić information content (AvgIpc) is 2.80. The summed E-state index contributed by atoms with van der Waals surface area (Å²) in [6, 6.07) is 6.51. The molecule has 0 saturated carbocycles. The Morgan fingerprint density at radius 1 is 1.47 bits per heavy atom. The van der Waals surface area contributed by atoms with Crippen molar-refractivity contribution in [2.75, 3.05) is 6.54 Å². The third kappa shape index (κ3) is 3.58. The zero-order chi connectivity index (χ0) is 13.8. The molecule has 0 amide bonds. The molecule has 1 N–H and O–H groups in total. The van der Waals surface area contributed by atoms with Gasteiger partial charge in [0.15, 0.2) is 0 Å². The molecule has 1 atom stereocenters. The Kier molecular flexibility index (Phi) is 5.41. The summed E-state index contributed by atoms with van der Waals surface area (Å²) in [4.78, 5) is 4.49. The maximum absolute atomic E-state index is 4.49. The van der Waals surface area contributed by atoms with Gasteiger partial charge in [0, 0.05) is 27.5 Å². The number of nitrogens with zero attached hydrogens (tertiary/aromatic N) is 2. The number of rotatable bonds is 5. The largest absolute Gasteiger partial charge is 0.336 e. The molecule has 2 rings (SSSR count). The van der Waals surface area contributed by atoms with Crippen LogP contribution in [-0.4, -0.2) is 16.1 Å². The molecule has 5 heteroatoms. The highest BCUT2D eigenvalue weighted by atomic mass is 127. The van der Waals surface area contributed by atoms with Crippen molar-refractivity contribution in [3.8, 4) is 0 Å². The first kappa shape index (κ1) is 15.0. The zero-order valence-electron chi connectivity index (χ0n) is 11.0. The first-order chi connectivity index (χ1) is 9.13. The molecule has 0 fully saturated rings. The van der Waals surface area contributed by atoms with Gasteiger partial charge in [-0.05, 0) is 59.3 Å². The van der Waals surface area contributed by atoms with Crippen molar-refractivity contribution in [1.29, 1.82) is 0 Å². The maximum atomic E-state index is 4.49. The maximum Gasteiger partial charge on any atom is 0.130 e. The number of hydrogen-bond donors (Lipinski definition) is 1. The van der Waals surface area contributed by atoms with Crippen molar-refractivity contribution in [3.63, 3.8) is 0 Å². The molecule has 0 saturated heterocycles. The number of nitrogens with one attached hydrogen (secondary N) is 1. The quantitative estimate of drug-likeness (QED) is 0.725. The van der Waals surface area contributed by atoms with E-state index >= 15 is 0 Å². The van der Waals surface area contributed by atoms with Crippen LogP contribution in [0.5, 0.6) is 0 Å². The van der Waals surface area contributed by atoms with E-state index < -0.39 is 0 Å². The summed E-state index contributed by atoms with van der Waals surface area (Å²) >= 11 is 6.00. The molecule has 0 aliphatic heterocycles. The number of benzene rings is 1. The normalized spacial score (nSPS) is 12.6. The molecule has 1 heterocycles. The Balaban J connectivity index is 2.42. The Morgan fingerprint density at radius 2 is 2.26 bits per heavy atom. The van der Waals surface area contributed by atoms with Crippen molar-refractivity contribution in [2.45, 2.75) is 19.4 Å². The molecule has 1 aromatic heterocycles. The molecule has 0 aliphatic carbocycles. The van der Waals surface area contributed by atoms with Gasteiger partial charge >= 0.3 is 0 Å². The lowest BCUT2D eigenvalue weighted by molar-refractivity contribution is 0.554. The average molecular weight is 434 g/mol. The van der Waals surface area contributed by atoms with Gasteiger partial charge in [-0.1, -0.05) is 22.9 Å². The predicted octanol–water partition coefficient (Wildman–Crippen LogP) is 3.88. The molecule has 1 aromatic carbocycles. The van der Waals surface area contributed by atoms with Gasteiger partial charge in [0.1, 0.15) is 5.82 Å². The van der Waals surface area contributed by atoms with Crippen LogP contribution in [0.2, 0.25) is 0 Å². The van der Waals surface area contributed by atoms with E-state index in [9.17, 15) is 0 Å². The SMILES string of the molecule is CCCNC(c1cc(I)ccc1Br)c1nccn1C. The molecule has 0 aliphatic rings. The Morgan fingerprint density at radius 3 is 2.89 bits per heavy atom. The summed E-state index contributed by atoms with van der Waals surface area (Å²) in [7, 11) is 2.03. The summed E-state index contributed by atoms with van der Waals surface area (Å²) in [6.07, 6.45) is 4.93. The molecule has 3 nitrogen and oxygen atoms in total. The van der Waals surface area contributed by atoms with E-state index in [1.54, 1.807) is 0 Å². The number of aryl methyl sites for hydroxylation is 1. The molecule has 19 heavy (non-hydrogen) atoms. The number of halogens is 2. The van der Waals surface area contributed by atoms with E-state index in [-0.39, 0.29) is 6.04 Å². The van der Waals surface area contributed by atoms with Crippen LogP contribution in [-0.2, 0) is 7.05 Å². The van der Waals surface area contributed by atoms with Crippen LogP contribution in [0.25, 0.3) is 0 Å². The Labute approximate surface area is 136 Å². The van der Waals surface area contributed by atoms with Gasteiger partial charge in [-0.15, -0.1) is 0 Å². The predicted molar refractivity (Wildman–Crippen MR) is 90.2 cm³/mol. The summed E-state index contributed by atoms with van der Waals surface area (Å²) in [6.45, 7) is 3.14. The summed E-state index contributed by atoms with van der Waals surface area (Å²) in [5.74, 6) is 1.04. The van der Waals surface area contributed by atoms with Crippen LogP contribution >= 0.6 is 38.5 Å². The number of hydrogen-bond acceptors (Lipinski definition) is 2. The van der Waals surface area contributed by atoms with E-state index in [1.165, 1.54) is 9.13 Å². The highest BCUT2D eigenvalue weighted by Crippen LogP contribution is 2.29. The smallest absolute Gasteiger partial charge is 0.130 e. The highest BCUT2D eigenvalue weighted by molar-refractivity contribution is 14.1. The van der Waals surface area contributed by atoms with Gasteiger partial charge in [-0.25, -0.2) is 4.98 Å². The second-order valence-corrected chi connectivity index (χ2v) is 6.55. The molecule has 0 bridgehead atoms. The number of aromatic nitrogens is 2. The molecular weight excluding hydrogens is 417 g/mol. The van der Waals surface area contributed by atoms with E-state index in [0.717, 1.165) is 23.3 Å². The van der Waals surface area contributed by atoms with E-state index in [1.807, 2.05) is 19.4 Å². The minimum atomic E-state index is 0.115. The lowest BCUT2D eigenvalue weighted by Gasteiger charge is -2.20. The summed E-state index contributed by atoms with van der Waals surface area (Å²) in [5, 5.41) is 3.58. The van der Waals surface area contributed by atoms with Crippen molar-refractivity contribution >= 4 is 38.5 Å². The molecule has 1 unspecified atom stereocenters. The molecule has 0 radical (unpaired) electrons. The van der Waals surface area contributed by atoms with Gasteiger partial charge in [0.2, 0.25) is 0 Å². The van der Waals surface area contributed by atoms with Gasteiger partial charge in [0.25, 0.3) is 0 Å². The first-order valence-corrected chi connectivity index (χ1v) is 8.16. The highest BCUT2D eigenvalue weighted by Gasteiger charge is 2.20. The van der Waals surface area contributed by atoms with Crippen molar-refractivity contribution in [1.82, 2.24) is 14.9 Å². The fraction of sp³-hybridized carbons (Fsp3) is 0.357. The fourth-order valence-corrected chi connectivity index (χ4v) is 3.01. The minimum absolute atomic E-state index is 0.115. The molecule has 102 valence electrons. The third-order valence-electron chi connectivity index (χ3n) is 2.98. The second-order valence-electron chi connectivity index (χ2n) is 4.45. The molecule has 0 spiro atoms. The zero-order valence-corrected chi connectivity index (χ0v) is 14.8. The summed E-state index contributed by atoms with van der Waals surface area (Å²) in [5.41, 5.74) is 1.23. The fourth-order valence-electron chi connectivity index (χ4n) is 2.02. The first-order valence-electron chi connectivity index (χ1n) is 6.29. The Bertz CT molecular complexity index is 553.